The maximum absolute atomic E-state index is 12.8. The van der Waals surface area contributed by atoms with Gasteiger partial charge in [-0.3, -0.25) is 4.79 Å². The van der Waals surface area contributed by atoms with Crippen LogP contribution in [0.15, 0.2) is 50.8 Å². The van der Waals surface area contributed by atoms with Gasteiger partial charge >= 0.3 is 0 Å². The second-order valence-corrected chi connectivity index (χ2v) is 7.91. The molecule has 2 atom stereocenters. The van der Waals surface area contributed by atoms with Crippen LogP contribution in [0.3, 0.4) is 0 Å². The number of hydrogen-bond acceptors (Lipinski definition) is 7. The summed E-state index contributed by atoms with van der Waals surface area (Å²) in [5.74, 6) is 1.54. The van der Waals surface area contributed by atoms with Crippen LogP contribution in [-0.4, -0.2) is 43.8 Å². The molecule has 7 nitrogen and oxygen atoms in total. The number of carbonyl (C=O) groups excluding carboxylic acids is 1. The first kappa shape index (κ1) is 18.7. The Labute approximate surface area is 167 Å². The summed E-state index contributed by atoms with van der Waals surface area (Å²) in [6.07, 6.45) is 6.44. The van der Waals surface area contributed by atoms with Crippen LogP contribution in [-0.2, 0) is 4.79 Å². The van der Waals surface area contributed by atoms with E-state index in [1.165, 1.54) is 18.2 Å². The third kappa shape index (κ3) is 3.82. The molecule has 0 aromatic carbocycles. The molecule has 0 radical (unpaired) electrons. The van der Waals surface area contributed by atoms with E-state index in [0.717, 1.165) is 12.8 Å². The first-order valence-corrected chi connectivity index (χ1v) is 10.4. The van der Waals surface area contributed by atoms with E-state index in [1.807, 2.05) is 11.0 Å². The Balaban J connectivity index is 1.54. The van der Waals surface area contributed by atoms with Crippen LogP contribution in [0, 0.1) is 0 Å². The van der Waals surface area contributed by atoms with Crippen LogP contribution >= 0.6 is 11.8 Å². The number of carbonyl (C=O) groups is 1. The molecule has 1 aliphatic heterocycles. The summed E-state index contributed by atoms with van der Waals surface area (Å²) in [5, 5.41) is 8.91. The smallest absolute Gasteiger partial charge is 0.233 e. The first-order valence-electron chi connectivity index (χ1n) is 9.40. The highest BCUT2D eigenvalue weighted by molar-refractivity contribution is 7.99. The molecule has 1 saturated heterocycles. The van der Waals surface area contributed by atoms with E-state index in [0.29, 0.717) is 28.1 Å². The SMILES string of the molecule is C[C@@H]1CCC[C@H](C)N1C(=O)CSc1nnc(-c2ccco2)c(-c2ccco2)n1. The van der Waals surface area contributed by atoms with Gasteiger partial charge in [0.25, 0.3) is 0 Å². The van der Waals surface area contributed by atoms with Crippen molar-refractivity contribution in [3.8, 4) is 22.9 Å². The summed E-state index contributed by atoms with van der Waals surface area (Å²) >= 11 is 1.30. The number of nitrogens with zero attached hydrogens (tertiary/aromatic N) is 4. The zero-order valence-electron chi connectivity index (χ0n) is 15.9. The lowest BCUT2D eigenvalue weighted by molar-refractivity contribution is -0.134. The van der Waals surface area contributed by atoms with Crippen molar-refractivity contribution in [1.29, 1.82) is 0 Å². The van der Waals surface area contributed by atoms with Gasteiger partial charge in [-0.05, 0) is 57.4 Å². The summed E-state index contributed by atoms with van der Waals surface area (Å²) in [4.78, 5) is 19.3. The van der Waals surface area contributed by atoms with Crippen LogP contribution in [0.1, 0.15) is 33.1 Å². The third-order valence-electron chi connectivity index (χ3n) is 4.98. The summed E-state index contributed by atoms with van der Waals surface area (Å²) in [7, 11) is 0. The van der Waals surface area contributed by atoms with Gasteiger partial charge in [0.05, 0.1) is 18.3 Å². The van der Waals surface area contributed by atoms with E-state index >= 15 is 0 Å². The molecule has 1 fully saturated rings. The molecule has 0 unspecified atom stereocenters. The fourth-order valence-electron chi connectivity index (χ4n) is 3.65. The summed E-state index contributed by atoms with van der Waals surface area (Å²) < 4.78 is 11.0. The minimum absolute atomic E-state index is 0.114. The monoisotopic (exact) mass is 398 g/mol. The molecule has 3 aromatic heterocycles. The van der Waals surface area contributed by atoms with E-state index in [4.69, 9.17) is 8.83 Å². The molecule has 8 heteroatoms. The standard InChI is InChI=1S/C20H22N4O3S/c1-13-6-3-7-14(2)24(13)17(25)12-28-20-21-18(15-8-4-10-26-15)19(22-23-20)16-9-5-11-27-16/h4-5,8-11,13-14H,3,6-7,12H2,1-2H3/t13-,14+. The van der Waals surface area contributed by atoms with Gasteiger partial charge in [0.1, 0.15) is 5.69 Å². The van der Waals surface area contributed by atoms with Crippen molar-refractivity contribution in [2.24, 2.45) is 0 Å². The molecular formula is C20H22N4O3S. The Kier molecular flexibility index (Phi) is 5.47. The van der Waals surface area contributed by atoms with Crippen molar-refractivity contribution in [2.75, 3.05) is 5.75 Å². The molecule has 0 aliphatic carbocycles. The Morgan fingerprint density at radius 3 is 2.32 bits per heavy atom. The van der Waals surface area contributed by atoms with Crippen molar-refractivity contribution in [3.63, 3.8) is 0 Å². The quantitative estimate of drug-likeness (QED) is 0.593. The van der Waals surface area contributed by atoms with Crippen molar-refractivity contribution < 1.29 is 13.6 Å². The minimum atomic E-state index is 0.114. The predicted octanol–water partition coefficient (Wildman–Crippen LogP) is 4.27. The highest BCUT2D eigenvalue weighted by atomic mass is 32.2. The Morgan fingerprint density at radius 2 is 1.71 bits per heavy atom. The van der Waals surface area contributed by atoms with E-state index < -0.39 is 0 Å². The molecule has 3 aromatic rings. The lowest BCUT2D eigenvalue weighted by Crippen LogP contribution is -2.48. The largest absolute Gasteiger partial charge is 0.463 e. The van der Waals surface area contributed by atoms with Crippen LogP contribution < -0.4 is 0 Å². The second kappa shape index (κ2) is 8.18. The topological polar surface area (TPSA) is 85.3 Å². The maximum atomic E-state index is 12.8. The molecule has 4 rings (SSSR count). The second-order valence-electron chi connectivity index (χ2n) is 6.96. The normalized spacial score (nSPS) is 19.7. The van der Waals surface area contributed by atoms with Crippen molar-refractivity contribution in [1.82, 2.24) is 20.1 Å². The van der Waals surface area contributed by atoms with Crippen molar-refractivity contribution >= 4 is 17.7 Å². The molecule has 0 saturated carbocycles. The number of thioether (sulfide) groups is 1. The number of aromatic nitrogens is 3. The highest BCUT2D eigenvalue weighted by Crippen LogP contribution is 2.31. The first-order chi connectivity index (χ1) is 13.6. The van der Waals surface area contributed by atoms with Crippen molar-refractivity contribution in [3.05, 3.63) is 36.8 Å². The molecule has 4 heterocycles. The van der Waals surface area contributed by atoms with Gasteiger partial charge in [-0.1, -0.05) is 11.8 Å². The van der Waals surface area contributed by atoms with Gasteiger partial charge < -0.3 is 13.7 Å². The predicted molar refractivity (Wildman–Crippen MR) is 106 cm³/mol. The average molecular weight is 398 g/mol. The zero-order valence-corrected chi connectivity index (χ0v) is 16.7. The van der Waals surface area contributed by atoms with E-state index in [2.05, 4.69) is 29.0 Å². The number of likely N-dealkylation sites (tertiary alicyclic amines) is 1. The number of furan rings is 2. The van der Waals surface area contributed by atoms with Gasteiger partial charge in [-0.25, -0.2) is 4.98 Å². The highest BCUT2D eigenvalue weighted by Gasteiger charge is 2.29. The van der Waals surface area contributed by atoms with Gasteiger partial charge in [0.15, 0.2) is 17.2 Å². The van der Waals surface area contributed by atoms with Crippen LogP contribution in [0.5, 0.6) is 0 Å². The zero-order chi connectivity index (χ0) is 19.5. The van der Waals surface area contributed by atoms with Gasteiger partial charge in [-0.15, -0.1) is 10.2 Å². The molecule has 0 N–H and O–H groups in total. The number of hydrogen-bond donors (Lipinski definition) is 0. The number of piperidine rings is 1. The molecule has 1 aliphatic rings. The van der Waals surface area contributed by atoms with Gasteiger partial charge in [-0.2, -0.15) is 0 Å². The molecule has 0 spiro atoms. The fraction of sp³-hybridized carbons (Fsp3) is 0.400. The van der Waals surface area contributed by atoms with E-state index in [1.54, 1.807) is 30.7 Å². The summed E-state index contributed by atoms with van der Waals surface area (Å²) in [5.41, 5.74) is 1.05. The van der Waals surface area contributed by atoms with E-state index in [9.17, 15) is 4.79 Å². The lowest BCUT2D eigenvalue weighted by Gasteiger charge is -2.39. The van der Waals surface area contributed by atoms with Crippen LogP contribution in [0.2, 0.25) is 0 Å². The molecule has 146 valence electrons. The Hall–Kier alpha value is -2.61. The van der Waals surface area contributed by atoms with Crippen molar-refractivity contribution in [2.45, 2.75) is 50.4 Å². The molecule has 1 amide bonds. The lowest BCUT2D eigenvalue weighted by atomic mass is 9.98. The van der Waals surface area contributed by atoms with Gasteiger partial charge in [0.2, 0.25) is 11.1 Å². The molecule has 0 bridgehead atoms. The minimum Gasteiger partial charge on any atom is -0.463 e. The Bertz CT molecular complexity index is 917. The Morgan fingerprint density at radius 1 is 1.07 bits per heavy atom. The van der Waals surface area contributed by atoms with Crippen LogP contribution in [0.4, 0.5) is 0 Å². The van der Waals surface area contributed by atoms with Crippen LogP contribution in [0.25, 0.3) is 22.9 Å². The average Bonchev–Trinajstić information content (AvgIpc) is 3.40. The summed E-state index contributed by atoms with van der Waals surface area (Å²) in [6, 6.07) is 7.73. The van der Waals surface area contributed by atoms with E-state index in [-0.39, 0.29) is 23.7 Å². The number of amides is 1. The summed E-state index contributed by atoms with van der Waals surface area (Å²) in [6.45, 7) is 4.23. The third-order valence-corrected chi connectivity index (χ3v) is 5.81. The molecule has 28 heavy (non-hydrogen) atoms. The molecular weight excluding hydrogens is 376 g/mol. The maximum Gasteiger partial charge on any atom is 0.233 e. The fourth-order valence-corrected chi connectivity index (χ4v) is 4.31. The number of rotatable bonds is 5. The van der Waals surface area contributed by atoms with Gasteiger partial charge in [0, 0.05) is 12.1 Å².